The molecule has 2 rings (SSSR count). The highest BCUT2D eigenvalue weighted by atomic mass is 32.2. The van der Waals surface area contributed by atoms with E-state index in [2.05, 4.69) is 42.4 Å². The molecule has 1 aliphatic heterocycles. The topological polar surface area (TPSA) is 32.3 Å². The first-order chi connectivity index (χ1) is 8.60. The van der Waals surface area contributed by atoms with E-state index < -0.39 is 0 Å². The Morgan fingerprint density at radius 2 is 2.22 bits per heavy atom. The molecular formula is C14H20N2OS. The summed E-state index contributed by atoms with van der Waals surface area (Å²) in [4.78, 5) is 15.1. The average molecular weight is 264 g/mol. The second-order valence-corrected chi connectivity index (χ2v) is 6.11. The molecule has 0 saturated carbocycles. The maximum absolute atomic E-state index is 11.6. The van der Waals surface area contributed by atoms with E-state index in [0.29, 0.717) is 0 Å². The number of carbonyl (C=O) groups excluding carboxylic acids is 1. The summed E-state index contributed by atoms with van der Waals surface area (Å²) in [5.41, 5.74) is 2.25. The molecule has 1 aromatic carbocycles. The first kappa shape index (κ1) is 13.4. The molecule has 0 fully saturated rings. The van der Waals surface area contributed by atoms with E-state index in [4.69, 9.17) is 0 Å². The van der Waals surface area contributed by atoms with Crippen molar-refractivity contribution in [3.63, 3.8) is 0 Å². The summed E-state index contributed by atoms with van der Waals surface area (Å²) in [7, 11) is 2.12. The van der Waals surface area contributed by atoms with Crippen LogP contribution in [0.5, 0.6) is 0 Å². The van der Waals surface area contributed by atoms with Gasteiger partial charge in [-0.3, -0.25) is 4.79 Å². The minimum Gasteiger partial charge on any atom is -0.324 e. The van der Waals surface area contributed by atoms with Crippen molar-refractivity contribution >= 4 is 23.4 Å². The van der Waals surface area contributed by atoms with E-state index >= 15 is 0 Å². The Labute approximate surface area is 113 Å². The zero-order chi connectivity index (χ0) is 13.1. The van der Waals surface area contributed by atoms with Crippen LogP contribution in [0.2, 0.25) is 0 Å². The van der Waals surface area contributed by atoms with Gasteiger partial charge >= 0.3 is 0 Å². The van der Waals surface area contributed by atoms with Crippen LogP contribution in [0.3, 0.4) is 0 Å². The number of nitrogens with one attached hydrogen (secondary N) is 1. The fourth-order valence-electron chi connectivity index (χ4n) is 1.89. The molecule has 1 unspecified atom stereocenters. The van der Waals surface area contributed by atoms with E-state index in [1.54, 1.807) is 11.8 Å². The van der Waals surface area contributed by atoms with Crippen LogP contribution >= 0.6 is 11.8 Å². The van der Waals surface area contributed by atoms with Crippen molar-refractivity contribution in [3.05, 3.63) is 23.8 Å². The summed E-state index contributed by atoms with van der Waals surface area (Å²) < 4.78 is 0. The molecule has 18 heavy (non-hydrogen) atoms. The maximum Gasteiger partial charge on any atom is 0.237 e. The molecule has 1 amide bonds. The molecular weight excluding hydrogens is 244 g/mol. The molecule has 0 aliphatic carbocycles. The molecule has 1 aliphatic rings. The smallest absolute Gasteiger partial charge is 0.237 e. The molecule has 1 aromatic rings. The third kappa shape index (κ3) is 3.06. The van der Waals surface area contributed by atoms with Gasteiger partial charge in [0.15, 0.2) is 0 Å². The van der Waals surface area contributed by atoms with E-state index in [9.17, 15) is 4.79 Å². The normalized spacial score (nSPS) is 18.7. The van der Waals surface area contributed by atoms with Gasteiger partial charge in [0.1, 0.15) is 0 Å². The van der Waals surface area contributed by atoms with Crippen molar-refractivity contribution in [2.75, 3.05) is 25.5 Å². The molecule has 1 heterocycles. The fourth-order valence-corrected chi connectivity index (χ4v) is 2.82. The van der Waals surface area contributed by atoms with Gasteiger partial charge in [-0.1, -0.05) is 13.0 Å². The maximum atomic E-state index is 11.6. The summed E-state index contributed by atoms with van der Waals surface area (Å²) >= 11 is 1.64. The van der Waals surface area contributed by atoms with Gasteiger partial charge in [0, 0.05) is 11.4 Å². The van der Waals surface area contributed by atoms with Crippen LogP contribution in [0.15, 0.2) is 23.1 Å². The average Bonchev–Trinajstić information content (AvgIpc) is 2.37. The Bertz CT molecular complexity index is 447. The van der Waals surface area contributed by atoms with Gasteiger partial charge in [-0.05, 0) is 44.6 Å². The predicted octanol–water partition coefficient (Wildman–Crippen LogP) is 2.61. The fraction of sp³-hybridized carbons (Fsp3) is 0.500. The number of rotatable bonds is 4. The largest absolute Gasteiger partial charge is 0.324 e. The number of thioether (sulfide) groups is 1. The van der Waals surface area contributed by atoms with Crippen molar-refractivity contribution < 1.29 is 4.79 Å². The van der Waals surface area contributed by atoms with Crippen molar-refractivity contribution in [2.24, 2.45) is 0 Å². The molecule has 1 N–H and O–H groups in total. The number of fused-ring (bicyclic) bond motifs is 1. The summed E-state index contributed by atoms with van der Waals surface area (Å²) in [6.45, 7) is 6.21. The van der Waals surface area contributed by atoms with Gasteiger partial charge in [-0.25, -0.2) is 0 Å². The van der Waals surface area contributed by atoms with E-state index in [-0.39, 0.29) is 11.2 Å². The predicted molar refractivity (Wildman–Crippen MR) is 77.3 cm³/mol. The number of likely N-dealkylation sites (N-methyl/N-ethyl adjacent to an activating group) is 1. The van der Waals surface area contributed by atoms with Crippen LogP contribution in [0.1, 0.15) is 19.4 Å². The highest BCUT2D eigenvalue weighted by molar-refractivity contribution is 8.00. The second-order valence-electron chi connectivity index (χ2n) is 4.73. The highest BCUT2D eigenvalue weighted by Gasteiger charge is 2.22. The Hall–Kier alpha value is -1.000. The van der Waals surface area contributed by atoms with E-state index in [0.717, 1.165) is 25.2 Å². The minimum absolute atomic E-state index is 0.00887. The number of carbonyl (C=O) groups is 1. The number of nitrogens with zero attached hydrogens (tertiary/aromatic N) is 1. The van der Waals surface area contributed by atoms with E-state index in [1.165, 1.54) is 10.5 Å². The number of hydrogen-bond donors (Lipinski definition) is 1. The molecule has 1 atom stereocenters. The monoisotopic (exact) mass is 264 g/mol. The number of anilines is 1. The first-order valence-electron chi connectivity index (χ1n) is 6.39. The van der Waals surface area contributed by atoms with Gasteiger partial charge in [0.2, 0.25) is 5.91 Å². The Morgan fingerprint density at radius 3 is 2.94 bits per heavy atom. The molecule has 3 nitrogen and oxygen atoms in total. The lowest BCUT2D eigenvalue weighted by molar-refractivity contribution is -0.115. The first-order valence-corrected chi connectivity index (χ1v) is 7.27. The third-order valence-electron chi connectivity index (χ3n) is 3.30. The van der Waals surface area contributed by atoms with Gasteiger partial charge in [0.25, 0.3) is 0 Å². The van der Waals surface area contributed by atoms with Crippen LogP contribution in [0.25, 0.3) is 0 Å². The quantitative estimate of drug-likeness (QED) is 0.907. The van der Waals surface area contributed by atoms with Crippen molar-refractivity contribution in [1.82, 2.24) is 4.90 Å². The number of hydrogen-bond acceptors (Lipinski definition) is 3. The van der Waals surface area contributed by atoms with Gasteiger partial charge < -0.3 is 10.2 Å². The lowest BCUT2D eigenvalue weighted by atomic mass is 10.1. The van der Waals surface area contributed by atoms with Gasteiger partial charge in [-0.15, -0.1) is 11.8 Å². The van der Waals surface area contributed by atoms with Crippen LogP contribution < -0.4 is 5.32 Å². The minimum atomic E-state index is 0.00887. The molecule has 0 spiro atoms. The van der Waals surface area contributed by atoms with Crippen LogP contribution in [0, 0.1) is 0 Å². The van der Waals surface area contributed by atoms with E-state index in [1.807, 2.05) is 6.92 Å². The number of amides is 1. The second kappa shape index (κ2) is 5.76. The molecule has 4 heteroatoms. The lowest BCUT2D eigenvalue weighted by Gasteiger charge is -2.22. The van der Waals surface area contributed by atoms with Crippen molar-refractivity contribution in [3.8, 4) is 0 Å². The standard InChI is InChI=1S/C14H20N2OS/c1-4-16(3)8-7-11-5-6-13-12(9-11)15-14(17)10(2)18-13/h5-6,9-10H,4,7-8H2,1-3H3,(H,15,17). The van der Waals surface area contributed by atoms with Crippen molar-refractivity contribution in [2.45, 2.75) is 30.4 Å². The summed E-state index contributed by atoms with van der Waals surface area (Å²) in [6, 6.07) is 6.40. The zero-order valence-corrected chi connectivity index (χ0v) is 12.0. The van der Waals surface area contributed by atoms with Gasteiger partial charge in [0.05, 0.1) is 10.9 Å². The lowest BCUT2D eigenvalue weighted by Crippen LogP contribution is -2.26. The Balaban J connectivity index is 2.08. The third-order valence-corrected chi connectivity index (χ3v) is 4.47. The summed E-state index contributed by atoms with van der Waals surface area (Å²) in [5, 5.41) is 2.99. The SMILES string of the molecule is CCN(C)CCc1ccc2c(c1)NC(=O)C(C)S2. The van der Waals surface area contributed by atoms with Crippen molar-refractivity contribution in [1.29, 1.82) is 0 Å². The van der Waals surface area contributed by atoms with Gasteiger partial charge in [-0.2, -0.15) is 0 Å². The van der Waals surface area contributed by atoms with Crippen LogP contribution in [-0.4, -0.2) is 36.2 Å². The number of benzene rings is 1. The van der Waals surface area contributed by atoms with Crippen LogP contribution in [-0.2, 0) is 11.2 Å². The molecule has 0 saturated heterocycles. The molecule has 0 radical (unpaired) electrons. The summed E-state index contributed by atoms with van der Waals surface area (Å²) in [5.74, 6) is 0.107. The molecule has 0 aromatic heterocycles. The Kier molecular flexibility index (Phi) is 4.30. The highest BCUT2D eigenvalue weighted by Crippen LogP contribution is 2.35. The zero-order valence-electron chi connectivity index (χ0n) is 11.2. The Morgan fingerprint density at radius 1 is 1.44 bits per heavy atom. The molecule has 98 valence electrons. The van der Waals surface area contributed by atoms with Crippen LogP contribution in [0.4, 0.5) is 5.69 Å². The summed E-state index contributed by atoms with van der Waals surface area (Å²) in [6.07, 6.45) is 1.02. The molecule has 0 bridgehead atoms.